The third-order valence-electron chi connectivity index (χ3n) is 1.76. The molecule has 0 bridgehead atoms. The normalized spacial score (nSPS) is 10.1. The van der Waals surface area contributed by atoms with Gasteiger partial charge < -0.3 is 0 Å². The summed E-state index contributed by atoms with van der Waals surface area (Å²) < 4.78 is 0.724. The Morgan fingerprint density at radius 1 is 1.14 bits per heavy atom. The van der Waals surface area contributed by atoms with Gasteiger partial charge in [0.25, 0.3) is 0 Å². The van der Waals surface area contributed by atoms with E-state index in [0.29, 0.717) is 5.15 Å². The lowest BCUT2D eigenvalue weighted by Gasteiger charge is -2.02. The number of rotatable bonds is 1. The minimum absolute atomic E-state index is 0.457. The molecule has 0 atom stereocenters. The van der Waals surface area contributed by atoms with E-state index in [1.807, 2.05) is 30.3 Å². The van der Waals surface area contributed by atoms with Crippen LogP contribution in [-0.2, 0) is 0 Å². The zero-order valence-corrected chi connectivity index (χ0v) is 9.46. The van der Waals surface area contributed by atoms with E-state index in [9.17, 15) is 0 Å². The average molecular weight is 270 g/mol. The number of nitrogens with zero attached hydrogens (tertiary/aromatic N) is 2. The van der Waals surface area contributed by atoms with E-state index in [1.54, 1.807) is 6.20 Å². The first kappa shape index (κ1) is 9.62. The molecule has 2 aromatic rings. The highest BCUT2D eigenvalue weighted by molar-refractivity contribution is 9.10. The standard InChI is InChI=1S/C10H6BrClN2/c11-9-5-4-7(10(12)14-9)8-3-1-2-6-13-8/h1-6H. The fourth-order valence-corrected chi connectivity index (χ4v) is 1.79. The van der Waals surface area contributed by atoms with Gasteiger partial charge >= 0.3 is 0 Å². The second kappa shape index (κ2) is 4.07. The first-order valence-electron chi connectivity index (χ1n) is 4.01. The summed E-state index contributed by atoms with van der Waals surface area (Å²) in [5, 5.41) is 0.457. The largest absolute Gasteiger partial charge is 0.256 e. The summed E-state index contributed by atoms with van der Waals surface area (Å²) >= 11 is 9.24. The van der Waals surface area contributed by atoms with Crippen LogP contribution in [0.1, 0.15) is 0 Å². The van der Waals surface area contributed by atoms with E-state index in [0.717, 1.165) is 15.9 Å². The van der Waals surface area contributed by atoms with Gasteiger partial charge in [0.1, 0.15) is 9.76 Å². The summed E-state index contributed by atoms with van der Waals surface area (Å²) in [6.45, 7) is 0. The summed E-state index contributed by atoms with van der Waals surface area (Å²) in [6, 6.07) is 9.42. The lowest BCUT2D eigenvalue weighted by Crippen LogP contribution is -1.86. The molecule has 4 heteroatoms. The minimum atomic E-state index is 0.457. The first-order chi connectivity index (χ1) is 6.77. The Labute approximate surface area is 95.1 Å². The summed E-state index contributed by atoms with van der Waals surface area (Å²) in [5.74, 6) is 0. The van der Waals surface area contributed by atoms with E-state index in [2.05, 4.69) is 25.9 Å². The van der Waals surface area contributed by atoms with Crippen LogP contribution in [0.25, 0.3) is 11.3 Å². The zero-order valence-electron chi connectivity index (χ0n) is 7.11. The molecular weight excluding hydrogens is 263 g/mol. The molecule has 0 amide bonds. The maximum absolute atomic E-state index is 5.98. The highest BCUT2D eigenvalue weighted by Crippen LogP contribution is 2.25. The Balaban J connectivity index is 2.53. The Hall–Kier alpha value is -0.930. The lowest BCUT2D eigenvalue weighted by molar-refractivity contribution is 1.25. The van der Waals surface area contributed by atoms with Gasteiger partial charge in [0.2, 0.25) is 0 Å². The molecule has 0 saturated carbocycles. The van der Waals surface area contributed by atoms with Gasteiger partial charge in [0.05, 0.1) is 5.69 Å². The van der Waals surface area contributed by atoms with Crippen LogP contribution in [0, 0.1) is 0 Å². The van der Waals surface area contributed by atoms with Crippen LogP contribution in [-0.4, -0.2) is 9.97 Å². The van der Waals surface area contributed by atoms with Crippen molar-refractivity contribution in [1.29, 1.82) is 0 Å². The van der Waals surface area contributed by atoms with Crippen molar-refractivity contribution in [1.82, 2.24) is 9.97 Å². The van der Waals surface area contributed by atoms with Crippen molar-refractivity contribution in [2.45, 2.75) is 0 Å². The summed E-state index contributed by atoms with van der Waals surface area (Å²) in [6.07, 6.45) is 1.73. The Kier molecular flexibility index (Phi) is 2.79. The fraction of sp³-hybridized carbons (Fsp3) is 0. The fourth-order valence-electron chi connectivity index (χ4n) is 1.13. The van der Waals surface area contributed by atoms with E-state index in [1.165, 1.54) is 0 Å². The monoisotopic (exact) mass is 268 g/mol. The topological polar surface area (TPSA) is 25.8 Å². The van der Waals surface area contributed by atoms with Crippen LogP contribution >= 0.6 is 27.5 Å². The van der Waals surface area contributed by atoms with Gasteiger partial charge in [0.15, 0.2) is 0 Å². The molecule has 0 aliphatic rings. The van der Waals surface area contributed by atoms with Gasteiger partial charge in [0, 0.05) is 11.8 Å². The van der Waals surface area contributed by atoms with Crippen LogP contribution in [0.15, 0.2) is 41.1 Å². The lowest BCUT2D eigenvalue weighted by atomic mass is 10.2. The summed E-state index contributed by atoms with van der Waals surface area (Å²) in [5.41, 5.74) is 1.67. The van der Waals surface area contributed by atoms with Crippen LogP contribution in [0.2, 0.25) is 5.15 Å². The van der Waals surface area contributed by atoms with Crippen molar-refractivity contribution >= 4 is 27.5 Å². The molecular formula is C10H6BrClN2. The summed E-state index contributed by atoms with van der Waals surface area (Å²) in [4.78, 5) is 8.29. The molecule has 0 aliphatic carbocycles. The van der Waals surface area contributed by atoms with E-state index in [-0.39, 0.29) is 0 Å². The molecule has 0 aromatic carbocycles. The highest BCUT2D eigenvalue weighted by atomic mass is 79.9. The molecule has 0 radical (unpaired) electrons. The van der Waals surface area contributed by atoms with Crippen LogP contribution < -0.4 is 0 Å². The van der Waals surface area contributed by atoms with Crippen molar-refractivity contribution in [2.24, 2.45) is 0 Å². The quantitative estimate of drug-likeness (QED) is 0.740. The maximum atomic E-state index is 5.98. The van der Waals surface area contributed by atoms with Gasteiger partial charge in [-0.15, -0.1) is 0 Å². The second-order valence-corrected chi connectivity index (χ2v) is 3.86. The zero-order chi connectivity index (χ0) is 9.97. The van der Waals surface area contributed by atoms with Crippen molar-refractivity contribution in [3.8, 4) is 11.3 Å². The SMILES string of the molecule is Clc1nc(Br)ccc1-c1ccccn1. The van der Waals surface area contributed by atoms with E-state index >= 15 is 0 Å². The van der Waals surface area contributed by atoms with Gasteiger partial charge in [-0.2, -0.15) is 0 Å². The van der Waals surface area contributed by atoms with Crippen LogP contribution in [0.3, 0.4) is 0 Å². The average Bonchev–Trinajstić information content (AvgIpc) is 2.19. The Bertz CT molecular complexity index is 445. The number of aromatic nitrogens is 2. The molecule has 0 N–H and O–H groups in total. The van der Waals surface area contributed by atoms with Gasteiger partial charge in [-0.3, -0.25) is 4.98 Å². The van der Waals surface area contributed by atoms with E-state index < -0.39 is 0 Å². The minimum Gasteiger partial charge on any atom is -0.256 e. The third kappa shape index (κ3) is 1.94. The molecule has 2 rings (SSSR count). The molecule has 2 nitrogen and oxygen atoms in total. The van der Waals surface area contributed by atoms with Gasteiger partial charge in [-0.25, -0.2) is 4.98 Å². The predicted molar refractivity (Wildman–Crippen MR) is 60.2 cm³/mol. The molecule has 14 heavy (non-hydrogen) atoms. The molecule has 0 unspecified atom stereocenters. The number of halogens is 2. The maximum Gasteiger partial charge on any atom is 0.139 e. The van der Waals surface area contributed by atoms with Crippen LogP contribution in [0.4, 0.5) is 0 Å². The highest BCUT2D eigenvalue weighted by Gasteiger charge is 2.05. The molecule has 0 spiro atoms. The predicted octanol–water partition coefficient (Wildman–Crippen LogP) is 3.56. The van der Waals surface area contributed by atoms with Gasteiger partial charge in [-0.1, -0.05) is 17.7 Å². The van der Waals surface area contributed by atoms with E-state index in [4.69, 9.17) is 11.6 Å². The summed E-state index contributed by atoms with van der Waals surface area (Å²) in [7, 11) is 0. The van der Waals surface area contributed by atoms with Crippen LogP contribution in [0.5, 0.6) is 0 Å². The van der Waals surface area contributed by atoms with Crippen molar-refractivity contribution in [3.63, 3.8) is 0 Å². The molecule has 0 saturated heterocycles. The smallest absolute Gasteiger partial charge is 0.139 e. The molecule has 70 valence electrons. The van der Waals surface area contributed by atoms with Crippen molar-refractivity contribution in [2.75, 3.05) is 0 Å². The molecule has 2 heterocycles. The van der Waals surface area contributed by atoms with Crippen molar-refractivity contribution < 1.29 is 0 Å². The Morgan fingerprint density at radius 2 is 2.00 bits per heavy atom. The number of hydrogen-bond donors (Lipinski definition) is 0. The third-order valence-corrected chi connectivity index (χ3v) is 2.49. The first-order valence-corrected chi connectivity index (χ1v) is 5.18. The molecule has 0 aliphatic heterocycles. The number of hydrogen-bond acceptors (Lipinski definition) is 2. The molecule has 2 aromatic heterocycles. The van der Waals surface area contributed by atoms with Gasteiger partial charge in [-0.05, 0) is 40.2 Å². The van der Waals surface area contributed by atoms with Crippen molar-refractivity contribution in [3.05, 3.63) is 46.3 Å². The Morgan fingerprint density at radius 3 is 2.64 bits per heavy atom. The number of pyridine rings is 2. The second-order valence-electron chi connectivity index (χ2n) is 2.69. The molecule has 0 fully saturated rings.